The van der Waals surface area contributed by atoms with E-state index in [4.69, 9.17) is 14.5 Å². The Hall–Kier alpha value is -2.64. The quantitative estimate of drug-likeness (QED) is 0.472. The number of aromatic nitrogens is 1. The van der Waals surface area contributed by atoms with Crippen molar-refractivity contribution >= 4 is 32.6 Å². The van der Waals surface area contributed by atoms with Crippen LogP contribution < -0.4 is 14.4 Å². The van der Waals surface area contributed by atoms with Crippen molar-refractivity contribution in [3.8, 4) is 11.5 Å². The lowest BCUT2D eigenvalue weighted by atomic mass is 10.1. The first-order valence-electron chi connectivity index (χ1n) is 10.6. The number of anilines is 1. The van der Waals surface area contributed by atoms with Crippen LogP contribution >= 0.6 is 11.3 Å². The van der Waals surface area contributed by atoms with Gasteiger partial charge in [0.25, 0.3) is 5.91 Å². The number of hydrogen-bond donors (Lipinski definition) is 0. The minimum absolute atomic E-state index is 0.0454. The number of likely N-dealkylation sites (N-methyl/N-ethyl adjacent to an activating group) is 1. The number of methoxy groups -OCH3 is 2. The lowest BCUT2D eigenvalue weighted by Crippen LogP contribution is -2.39. The average molecular weight is 442 g/mol. The van der Waals surface area contributed by atoms with Gasteiger partial charge in [-0.1, -0.05) is 42.4 Å². The normalized spacial score (nSPS) is 11.2. The second kappa shape index (κ2) is 10.1. The van der Waals surface area contributed by atoms with E-state index in [0.29, 0.717) is 28.5 Å². The van der Waals surface area contributed by atoms with Gasteiger partial charge in [-0.25, -0.2) is 4.98 Å². The van der Waals surface area contributed by atoms with Crippen LogP contribution in [0.15, 0.2) is 30.3 Å². The van der Waals surface area contributed by atoms with Gasteiger partial charge in [-0.05, 0) is 51.2 Å². The molecule has 0 aliphatic rings. The molecule has 3 aromatic rings. The van der Waals surface area contributed by atoms with Crippen LogP contribution in [0, 0.1) is 13.8 Å². The van der Waals surface area contributed by atoms with Gasteiger partial charge in [-0.2, -0.15) is 0 Å². The summed E-state index contributed by atoms with van der Waals surface area (Å²) in [6, 6.07) is 9.67. The highest BCUT2D eigenvalue weighted by molar-refractivity contribution is 7.22. The molecular formula is C24H31N3O3S. The number of carbonyl (C=O) groups excluding carboxylic acids is 1. The van der Waals surface area contributed by atoms with Crippen LogP contribution in [0.5, 0.6) is 11.5 Å². The zero-order valence-electron chi connectivity index (χ0n) is 19.2. The highest BCUT2D eigenvalue weighted by Crippen LogP contribution is 2.40. The molecule has 3 rings (SSSR count). The molecule has 6 nitrogen and oxygen atoms in total. The van der Waals surface area contributed by atoms with E-state index in [1.807, 2.05) is 38.1 Å². The van der Waals surface area contributed by atoms with Crippen molar-refractivity contribution in [1.29, 1.82) is 0 Å². The predicted octanol–water partition coefficient (Wildman–Crippen LogP) is 4.92. The Morgan fingerprint density at radius 3 is 2.16 bits per heavy atom. The van der Waals surface area contributed by atoms with Crippen molar-refractivity contribution in [1.82, 2.24) is 9.88 Å². The maximum Gasteiger partial charge on any atom is 0.260 e. The maximum atomic E-state index is 13.6. The number of fused-ring (bicyclic) bond motifs is 1. The minimum atomic E-state index is -0.0454. The molecule has 1 aromatic heterocycles. The third-order valence-electron chi connectivity index (χ3n) is 5.38. The fourth-order valence-corrected chi connectivity index (χ4v) is 4.81. The molecular weight excluding hydrogens is 410 g/mol. The van der Waals surface area contributed by atoms with Gasteiger partial charge >= 0.3 is 0 Å². The summed E-state index contributed by atoms with van der Waals surface area (Å²) in [6.07, 6.45) is 0. The molecule has 0 bridgehead atoms. The molecule has 0 saturated heterocycles. The number of carbonyl (C=O) groups is 1. The number of rotatable bonds is 9. The molecule has 0 radical (unpaired) electrons. The summed E-state index contributed by atoms with van der Waals surface area (Å²) in [5.74, 6) is 1.35. The van der Waals surface area contributed by atoms with Gasteiger partial charge < -0.3 is 14.4 Å². The Morgan fingerprint density at radius 2 is 1.58 bits per heavy atom. The molecule has 0 aliphatic heterocycles. The molecule has 0 spiro atoms. The second-order valence-corrected chi connectivity index (χ2v) is 8.48. The van der Waals surface area contributed by atoms with Crippen molar-refractivity contribution in [2.24, 2.45) is 0 Å². The Labute approximate surface area is 188 Å². The predicted molar refractivity (Wildman–Crippen MR) is 128 cm³/mol. The Balaban J connectivity index is 2.08. The molecule has 0 atom stereocenters. The van der Waals surface area contributed by atoms with Gasteiger partial charge in [-0.3, -0.25) is 9.69 Å². The zero-order chi connectivity index (χ0) is 22.5. The summed E-state index contributed by atoms with van der Waals surface area (Å²) in [5, 5.41) is 0.647. The molecule has 166 valence electrons. The molecule has 0 aliphatic carbocycles. The molecule has 0 saturated carbocycles. The largest absolute Gasteiger partial charge is 0.495 e. The monoisotopic (exact) mass is 441 g/mol. The molecule has 1 amide bonds. The molecule has 0 fully saturated rings. The van der Waals surface area contributed by atoms with E-state index < -0.39 is 0 Å². The van der Waals surface area contributed by atoms with Crippen molar-refractivity contribution < 1.29 is 14.3 Å². The Kier molecular flexibility index (Phi) is 7.51. The average Bonchev–Trinajstić information content (AvgIpc) is 3.20. The van der Waals surface area contributed by atoms with Crippen LogP contribution in [0.3, 0.4) is 0 Å². The smallest absolute Gasteiger partial charge is 0.260 e. The third kappa shape index (κ3) is 4.99. The minimum Gasteiger partial charge on any atom is -0.495 e. The standard InChI is InChI=1S/C24H31N3O3S/c1-7-26(8-2)11-12-27(23(28)18-14-16(3)13-17(4)15-18)24-25-21-19(29-5)9-10-20(30-6)22(21)31-24/h9-10,13-15H,7-8,11-12H2,1-6H3. The lowest BCUT2D eigenvalue weighted by Gasteiger charge is -2.25. The number of nitrogens with zero attached hydrogens (tertiary/aromatic N) is 3. The summed E-state index contributed by atoms with van der Waals surface area (Å²) >= 11 is 1.45. The molecule has 1 heterocycles. The SMILES string of the molecule is CCN(CC)CCN(C(=O)c1cc(C)cc(C)c1)c1nc2c(OC)ccc(OC)c2s1. The first-order valence-corrected chi connectivity index (χ1v) is 11.4. The van der Waals surface area contributed by atoms with E-state index in [0.717, 1.165) is 41.2 Å². The van der Waals surface area contributed by atoms with E-state index in [-0.39, 0.29) is 5.91 Å². The van der Waals surface area contributed by atoms with Crippen molar-refractivity contribution in [3.05, 3.63) is 47.0 Å². The number of aryl methyl sites for hydroxylation is 2. The van der Waals surface area contributed by atoms with E-state index in [1.165, 1.54) is 11.3 Å². The zero-order valence-corrected chi connectivity index (χ0v) is 20.0. The van der Waals surface area contributed by atoms with Crippen molar-refractivity contribution in [2.75, 3.05) is 45.3 Å². The Morgan fingerprint density at radius 1 is 0.968 bits per heavy atom. The van der Waals surface area contributed by atoms with E-state index >= 15 is 0 Å². The lowest BCUT2D eigenvalue weighted by molar-refractivity contribution is 0.0983. The van der Waals surface area contributed by atoms with Gasteiger partial charge in [0.05, 0.1) is 14.2 Å². The number of thiazole rings is 1. The topological polar surface area (TPSA) is 54.9 Å². The van der Waals surface area contributed by atoms with E-state index in [2.05, 4.69) is 24.8 Å². The van der Waals surface area contributed by atoms with E-state index in [9.17, 15) is 4.79 Å². The summed E-state index contributed by atoms with van der Waals surface area (Å²) in [5.41, 5.74) is 3.53. The van der Waals surface area contributed by atoms with Crippen molar-refractivity contribution in [3.63, 3.8) is 0 Å². The molecule has 0 unspecified atom stereocenters. The molecule has 0 N–H and O–H groups in total. The number of amides is 1. The van der Waals surface area contributed by atoms with E-state index in [1.54, 1.807) is 19.1 Å². The molecule has 31 heavy (non-hydrogen) atoms. The van der Waals surface area contributed by atoms with Gasteiger partial charge in [0.15, 0.2) is 5.13 Å². The van der Waals surface area contributed by atoms with Crippen molar-refractivity contribution in [2.45, 2.75) is 27.7 Å². The summed E-state index contributed by atoms with van der Waals surface area (Å²) in [7, 11) is 3.26. The first-order chi connectivity index (χ1) is 14.9. The molecule has 7 heteroatoms. The van der Waals surface area contributed by atoms with Crippen LogP contribution in [-0.4, -0.2) is 56.2 Å². The van der Waals surface area contributed by atoms with Crippen LogP contribution in [0.25, 0.3) is 10.2 Å². The van der Waals surface area contributed by atoms with Crippen LogP contribution in [0.1, 0.15) is 35.3 Å². The van der Waals surface area contributed by atoms with Crippen LogP contribution in [-0.2, 0) is 0 Å². The number of ether oxygens (including phenoxy) is 2. The maximum absolute atomic E-state index is 13.6. The Bertz CT molecular complexity index is 998. The van der Waals surface area contributed by atoms with Gasteiger partial charge in [-0.15, -0.1) is 0 Å². The highest BCUT2D eigenvalue weighted by atomic mass is 32.1. The fraction of sp³-hybridized carbons (Fsp3) is 0.417. The van der Waals surface area contributed by atoms with Crippen LogP contribution in [0.2, 0.25) is 0 Å². The summed E-state index contributed by atoms with van der Waals surface area (Å²) in [6.45, 7) is 11.5. The van der Waals surface area contributed by atoms with Gasteiger partial charge in [0.1, 0.15) is 21.7 Å². The third-order valence-corrected chi connectivity index (χ3v) is 6.47. The summed E-state index contributed by atoms with van der Waals surface area (Å²) < 4.78 is 11.9. The fourth-order valence-electron chi connectivity index (χ4n) is 3.71. The number of hydrogen-bond acceptors (Lipinski definition) is 6. The van der Waals surface area contributed by atoms with Gasteiger partial charge in [0.2, 0.25) is 0 Å². The first kappa shape index (κ1) is 23.0. The summed E-state index contributed by atoms with van der Waals surface area (Å²) in [4.78, 5) is 22.5. The second-order valence-electron chi connectivity index (χ2n) is 7.50. The number of benzene rings is 2. The van der Waals surface area contributed by atoms with Gasteiger partial charge in [0, 0.05) is 18.7 Å². The molecule has 2 aromatic carbocycles. The highest BCUT2D eigenvalue weighted by Gasteiger charge is 2.24. The van der Waals surface area contributed by atoms with Crippen LogP contribution in [0.4, 0.5) is 5.13 Å².